The minimum Gasteiger partial charge on any atom is -0.396 e. The van der Waals surface area contributed by atoms with Gasteiger partial charge in [-0.3, -0.25) is 0 Å². The molecule has 0 fully saturated rings. The van der Waals surface area contributed by atoms with Crippen LogP contribution in [-0.2, 0) is 6.54 Å². The Balaban J connectivity index is 2.42. The lowest BCUT2D eigenvalue weighted by molar-refractivity contribution is 0.207. The quantitative estimate of drug-likeness (QED) is 0.791. The fourth-order valence-corrected chi connectivity index (χ4v) is 1.99. The fourth-order valence-electron chi connectivity index (χ4n) is 1.21. The maximum Gasteiger partial charge on any atom is 0.185 e. The molecule has 0 aromatic carbocycles. The van der Waals surface area contributed by atoms with Gasteiger partial charge < -0.3 is 15.3 Å². The number of hydrogen-bond acceptors (Lipinski definition) is 5. The molecule has 1 heterocycles. The second-order valence-electron chi connectivity index (χ2n) is 4.33. The van der Waals surface area contributed by atoms with Gasteiger partial charge in [0.1, 0.15) is 0 Å². The molecule has 0 aliphatic heterocycles. The van der Waals surface area contributed by atoms with Gasteiger partial charge in [-0.05, 0) is 12.8 Å². The lowest BCUT2D eigenvalue weighted by Gasteiger charge is -2.18. The van der Waals surface area contributed by atoms with Crippen LogP contribution >= 0.6 is 11.3 Å². The maximum absolute atomic E-state index is 9.02. The van der Waals surface area contributed by atoms with E-state index in [9.17, 15) is 0 Å². The average Bonchev–Trinajstić information content (AvgIpc) is 2.73. The Kier molecular flexibility index (Phi) is 5.18. The minimum atomic E-state index is 0.222. The van der Waals surface area contributed by atoms with Crippen molar-refractivity contribution < 1.29 is 5.11 Å². The number of aromatic nitrogens is 1. The Morgan fingerprint density at radius 3 is 2.69 bits per heavy atom. The zero-order chi connectivity index (χ0) is 12.1. The fraction of sp³-hybridized carbons (Fsp3) is 0.727. The van der Waals surface area contributed by atoms with E-state index in [1.165, 1.54) is 4.88 Å². The van der Waals surface area contributed by atoms with Crippen LogP contribution in [0.3, 0.4) is 0 Å². The van der Waals surface area contributed by atoms with Crippen molar-refractivity contribution in [3.05, 3.63) is 11.1 Å². The molecule has 2 unspecified atom stereocenters. The summed E-state index contributed by atoms with van der Waals surface area (Å²) in [6.07, 6.45) is 1.91. The van der Waals surface area contributed by atoms with Crippen molar-refractivity contribution >= 4 is 16.5 Å². The molecule has 4 nitrogen and oxygen atoms in total. The number of rotatable bonds is 6. The van der Waals surface area contributed by atoms with Crippen LogP contribution in [0.1, 0.15) is 18.7 Å². The Morgan fingerprint density at radius 2 is 2.19 bits per heavy atom. The monoisotopic (exact) mass is 243 g/mol. The van der Waals surface area contributed by atoms with Crippen LogP contribution in [0.15, 0.2) is 6.20 Å². The molecule has 0 spiro atoms. The Hall–Kier alpha value is -0.650. The molecule has 0 saturated carbocycles. The first-order valence-corrected chi connectivity index (χ1v) is 6.32. The molecule has 92 valence electrons. The van der Waals surface area contributed by atoms with Crippen molar-refractivity contribution in [2.45, 2.75) is 26.4 Å². The van der Waals surface area contributed by atoms with E-state index >= 15 is 0 Å². The number of hydrogen-bond donors (Lipinski definition) is 2. The number of aliphatic hydroxyl groups excluding tert-OH is 1. The van der Waals surface area contributed by atoms with Crippen LogP contribution < -0.4 is 10.2 Å². The summed E-state index contributed by atoms with van der Waals surface area (Å²) in [7, 11) is 3.99. The molecule has 2 atom stereocenters. The largest absolute Gasteiger partial charge is 0.396 e. The molecule has 1 aromatic heterocycles. The maximum atomic E-state index is 9.02. The number of anilines is 1. The van der Waals surface area contributed by atoms with E-state index in [4.69, 9.17) is 5.11 Å². The summed E-state index contributed by atoms with van der Waals surface area (Å²) in [5, 5.41) is 13.4. The highest BCUT2D eigenvalue weighted by Gasteiger charge is 2.11. The van der Waals surface area contributed by atoms with Crippen molar-refractivity contribution in [1.82, 2.24) is 10.3 Å². The predicted molar refractivity (Wildman–Crippen MR) is 69.0 cm³/mol. The van der Waals surface area contributed by atoms with Gasteiger partial charge in [-0.2, -0.15) is 0 Å². The van der Waals surface area contributed by atoms with Crippen LogP contribution in [0.4, 0.5) is 5.13 Å². The third-order valence-electron chi connectivity index (χ3n) is 2.66. The summed E-state index contributed by atoms with van der Waals surface area (Å²) in [4.78, 5) is 7.54. The normalized spacial score (nSPS) is 14.8. The van der Waals surface area contributed by atoms with Crippen molar-refractivity contribution in [2.24, 2.45) is 5.92 Å². The highest BCUT2D eigenvalue weighted by Crippen LogP contribution is 2.20. The van der Waals surface area contributed by atoms with Crippen LogP contribution in [0, 0.1) is 5.92 Å². The molecule has 0 amide bonds. The van der Waals surface area contributed by atoms with Crippen molar-refractivity contribution in [3.8, 4) is 0 Å². The van der Waals surface area contributed by atoms with E-state index in [1.54, 1.807) is 11.3 Å². The van der Waals surface area contributed by atoms with Gasteiger partial charge >= 0.3 is 0 Å². The topological polar surface area (TPSA) is 48.4 Å². The van der Waals surface area contributed by atoms with Crippen LogP contribution in [0.25, 0.3) is 0 Å². The number of aliphatic hydroxyl groups is 1. The van der Waals surface area contributed by atoms with Gasteiger partial charge in [0.25, 0.3) is 0 Å². The summed E-state index contributed by atoms with van der Waals surface area (Å²) in [5.41, 5.74) is 0. The van der Waals surface area contributed by atoms with Gasteiger partial charge in [-0.25, -0.2) is 4.98 Å². The van der Waals surface area contributed by atoms with Gasteiger partial charge in [-0.15, -0.1) is 11.3 Å². The number of nitrogens with zero attached hydrogens (tertiary/aromatic N) is 2. The number of thiazole rings is 1. The van der Waals surface area contributed by atoms with Crippen molar-refractivity contribution in [3.63, 3.8) is 0 Å². The molecular formula is C11H21N3OS. The molecule has 0 aliphatic carbocycles. The number of nitrogens with one attached hydrogen (secondary N) is 1. The van der Waals surface area contributed by atoms with Gasteiger partial charge in [0.2, 0.25) is 0 Å². The summed E-state index contributed by atoms with van der Waals surface area (Å²) in [6, 6.07) is 0.315. The lowest BCUT2D eigenvalue weighted by atomic mass is 10.1. The van der Waals surface area contributed by atoms with Crippen molar-refractivity contribution in [1.29, 1.82) is 0 Å². The summed E-state index contributed by atoms with van der Waals surface area (Å²) in [6.45, 7) is 5.17. The molecule has 0 aliphatic rings. The first-order valence-electron chi connectivity index (χ1n) is 5.51. The molecular weight excluding hydrogens is 222 g/mol. The third-order valence-corrected chi connectivity index (χ3v) is 3.83. The highest BCUT2D eigenvalue weighted by atomic mass is 32.1. The standard InChI is InChI=1S/C11H21N3OS/c1-8(7-15)9(2)12-5-10-6-13-11(16-10)14(3)4/h6,8-9,12,15H,5,7H2,1-4H3. The second kappa shape index (κ2) is 6.18. The molecule has 0 bridgehead atoms. The summed E-state index contributed by atoms with van der Waals surface area (Å²) < 4.78 is 0. The lowest BCUT2D eigenvalue weighted by Crippen LogP contribution is -2.33. The molecule has 16 heavy (non-hydrogen) atoms. The zero-order valence-corrected chi connectivity index (χ0v) is 11.2. The van der Waals surface area contributed by atoms with Gasteiger partial charge in [0.05, 0.1) is 0 Å². The molecule has 1 aromatic rings. The van der Waals surface area contributed by atoms with E-state index in [1.807, 2.05) is 32.1 Å². The Labute approximate surface area is 101 Å². The average molecular weight is 243 g/mol. The van der Waals surface area contributed by atoms with E-state index in [0.717, 1.165) is 11.7 Å². The van der Waals surface area contributed by atoms with E-state index in [2.05, 4.69) is 17.2 Å². The smallest absolute Gasteiger partial charge is 0.185 e. The summed E-state index contributed by atoms with van der Waals surface area (Å²) >= 11 is 1.69. The van der Waals surface area contributed by atoms with Crippen molar-refractivity contribution in [2.75, 3.05) is 25.6 Å². The van der Waals surface area contributed by atoms with Gasteiger partial charge in [0.15, 0.2) is 5.13 Å². The highest BCUT2D eigenvalue weighted by molar-refractivity contribution is 7.15. The van der Waals surface area contributed by atoms with Gasteiger partial charge in [0, 0.05) is 44.4 Å². The zero-order valence-electron chi connectivity index (χ0n) is 10.4. The Morgan fingerprint density at radius 1 is 1.50 bits per heavy atom. The first kappa shape index (κ1) is 13.4. The molecule has 5 heteroatoms. The van der Waals surface area contributed by atoms with Crippen LogP contribution in [0.2, 0.25) is 0 Å². The minimum absolute atomic E-state index is 0.222. The second-order valence-corrected chi connectivity index (χ2v) is 5.43. The molecule has 1 rings (SSSR count). The SMILES string of the molecule is CC(CO)C(C)NCc1cnc(N(C)C)s1. The van der Waals surface area contributed by atoms with E-state index in [0.29, 0.717) is 6.04 Å². The van der Waals surface area contributed by atoms with Gasteiger partial charge in [-0.1, -0.05) is 6.92 Å². The first-order chi connectivity index (χ1) is 7.54. The van der Waals surface area contributed by atoms with Crippen LogP contribution in [-0.4, -0.2) is 36.8 Å². The molecule has 0 saturated heterocycles. The van der Waals surface area contributed by atoms with E-state index < -0.39 is 0 Å². The van der Waals surface area contributed by atoms with Crippen LogP contribution in [0.5, 0.6) is 0 Å². The predicted octanol–water partition coefficient (Wildman–Crippen LogP) is 1.32. The summed E-state index contributed by atoms with van der Waals surface area (Å²) in [5.74, 6) is 0.279. The Bertz CT molecular complexity index is 314. The third kappa shape index (κ3) is 3.73. The van der Waals surface area contributed by atoms with E-state index in [-0.39, 0.29) is 12.5 Å². The molecule has 0 radical (unpaired) electrons. The molecule has 2 N–H and O–H groups in total.